The number of methoxy groups -OCH3 is 1. The monoisotopic (exact) mass is 423 g/mol. The van der Waals surface area contributed by atoms with E-state index in [-0.39, 0.29) is 18.3 Å². The lowest BCUT2D eigenvalue weighted by atomic mass is 10.1. The Kier molecular flexibility index (Phi) is 6.49. The van der Waals surface area contributed by atoms with Crippen molar-refractivity contribution in [2.45, 2.75) is 13.8 Å². The molecular formula is C23H22FN3O4. The Hall–Kier alpha value is -3.94. The molecule has 0 atom stereocenters. The van der Waals surface area contributed by atoms with Crippen molar-refractivity contribution < 1.29 is 23.5 Å². The van der Waals surface area contributed by atoms with E-state index in [1.807, 2.05) is 18.4 Å². The molecule has 8 heteroatoms. The Balaban J connectivity index is 1.72. The zero-order valence-corrected chi connectivity index (χ0v) is 17.4. The van der Waals surface area contributed by atoms with Gasteiger partial charge in [0.2, 0.25) is 0 Å². The average molecular weight is 423 g/mol. The van der Waals surface area contributed by atoms with Gasteiger partial charge in [0, 0.05) is 28.3 Å². The molecule has 0 aliphatic carbocycles. The van der Waals surface area contributed by atoms with Crippen molar-refractivity contribution in [3.05, 3.63) is 82.9 Å². The van der Waals surface area contributed by atoms with Gasteiger partial charge in [0.25, 0.3) is 11.8 Å². The number of halogens is 1. The molecule has 0 saturated carbocycles. The maximum atomic E-state index is 13.2. The van der Waals surface area contributed by atoms with Gasteiger partial charge < -0.3 is 19.9 Å². The number of aromatic nitrogens is 1. The zero-order valence-electron chi connectivity index (χ0n) is 17.4. The molecule has 3 rings (SSSR count). The SMILES string of the molecule is COC(=O)CNC(=O)c1ccc(NC(=O)c2cc(C)n(-c3ccc(F)cc3)c2C)cc1. The molecule has 0 bridgehead atoms. The quantitative estimate of drug-likeness (QED) is 0.595. The van der Waals surface area contributed by atoms with Gasteiger partial charge in [0.05, 0.1) is 12.7 Å². The maximum absolute atomic E-state index is 13.2. The number of benzene rings is 2. The van der Waals surface area contributed by atoms with Gasteiger partial charge in [0.15, 0.2) is 0 Å². The number of carbonyl (C=O) groups excluding carboxylic acids is 3. The van der Waals surface area contributed by atoms with Crippen molar-refractivity contribution in [1.29, 1.82) is 0 Å². The summed E-state index contributed by atoms with van der Waals surface area (Å²) in [6.07, 6.45) is 0. The maximum Gasteiger partial charge on any atom is 0.325 e. The first-order valence-corrected chi connectivity index (χ1v) is 9.51. The van der Waals surface area contributed by atoms with Crippen LogP contribution < -0.4 is 10.6 Å². The Labute approximate surface area is 178 Å². The fourth-order valence-corrected chi connectivity index (χ4v) is 3.21. The number of hydrogen-bond donors (Lipinski definition) is 2. The van der Waals surface area contributed by atoms with Crippen LogP contribution in [0.15, 0.2) is 54.6 Å². The van der Waals surface area contributed by atoms with Gasteiger partial charge >= 0.3 is 5.97 Å². The van der Waals surface area contributed by atoms with Gasteiger partial charge in [-0.1, -0.05) is 0 Å². The van der Waals surface area contributed by atoms with Crippen LogP contribution in [-0.2, 0) is 9.53 Å². The van der Waals surface area contributed by atoms with E-state index in [9.17, 15) is 18.8 Å². The fourth-order valence-electron chi connectivity index (χ4n) is 3.21. The molecule has 31 heavy (non-hydrogen) atoms. The molecule has 0 unspecified atom stereocenters. The molecule has 1 heterocycles. The van der Waals surface area contributed by atoms with Crippen LogP contribution in [0.25, 0.3) is 5.69 Å². The van der Waals surface area contributed by atoms with Crippen molar-refractivity contribution in [2.75, 3.05) is 19.0 Å². The topological polar surface area (TPSA) is 89.4 Å². The number of ether oxygens (including phenoxy) is 1. The summed E-state index contributed by atoms with van der Waals surface area (Å²) in [7, 11) is 1.24. The number of esters is 1. The van der Waals surface area contributed by atoms with Crippen molar-refractivity contribution in [2.24, 2.45) is 0 Å². The van der Waals surface area contributed by atoms with E-state index in [1.165, 1.54) is 19.2 Å². The average Bonchev–Trinajstić information content (AvgIpc) is 3.07. The van der Waals surface area contributed by atoms with Crippen LogP contribution in [0, 0.1) is 19.7 Å². The number of anilines is 1. The minimum absolute atomic E-state index is 0.225. The van der Waals surface area contributed by atoms with E-state index in [1.54, 1.807) is 42.5 Å². The van der Waals surface area contributed by atoms with Gasteiger partial charge in [-0.3, -0.25) is 14.4 Å². The van der Waals surface area contributed by atoms with Crippen LogP contribution in [0.4, 0.5) is 10.1 Å². The minimum Gasteiger partial charge on any atom is -0.468 e. The summed E-state index contributed by atoms with van der Waals surface area (Å²) in [5.41, 5.74) is 3.67. The minimum atomic E-state index is -0.546. The normalized spacial score (nSPS) is 10.5. The third kappa shape index (κ3) is 4.98. The predicted octanol–water partition coefficient (Wildman–Crippen LogP) is 3.39. The van der Waals surface area contributed by atoms with Crippen LogP contribution in [-0.4, -0.2) is 36.0 Å². The van der Waals surface area contributed by atoms with Crippen molar-refractivity contribution in [3.63, 3.8) is 0 Å². The second kappa shape index (κ2) is 9.25. The van der Waals surface area contributed by atoms with E-state index in [0.29, 0.717) is 16.8 Å². The molecule has 0 spiro atoms. The largest absolute Gasteiger partial charge is 0.468 e. The number of nitrogens with zero attached hydrogens (tertiary/aromatic N) is 1. The molecule has 2 aromatic carbocycles. The Bertz CT molecular complexity index is 1120. The van der Waals surface area contributed by atoms with E-state index in [0.717, 1.165) is 17.1 Å². The zero-order chi connectivity index (χ0) is 22.5. The predicted molar refractivity (Wildman–Crippen MR) is 114 cm³/mol. The van der Waals surface area contributed by atoms with E-state index >= 15 is 0 Å². The van der Waals surface area contributed by atoms with Crippen LogP contribution in [0.1, 0.15) is 32.1 Å². The summed E-state index contributed by atoms with van der Waals surface area (Å²) >= 11 is 0. The molecule has 0 saturated heterocycles. The first kappa shape index (κ1) is 21.8. The van der Waals surface area contributed by atoms with Gasteiger partial charge in [-0.15, -0.1) is 0 Å². The highest BCUT2D eigenvalue weighted by Gasteiger charge is 2.17. The molecule has 0 aliphatic heterocycles. The van der Waals surface area contributed by atoms with Gasteiger partial charge in [0.1, 0.15) is 12.4 Å². The Morgan fingerprint density at radius 3 is 2.23 bits per heavy atom. The molecule has 3 aromatic rings. The molecule has 0 fully saturated rings. The first-order chi connectivity index (χ1) is 14.8. The highest BCUT2D eigenvalue weighted by atomic mass is 19.1. The summed E-state index contributed by atoms with van der Waals surface area (Å²) in [6.45, 7) is 3.46. The lowest BCUT2D eigenvalue weighted by Gasteiger charge is -2.10. The van der Waals surface area contributed by atoms with E-state index in [4.69, 9.17) is 0 Å². The number of rotatable bonds is 6. The molecule has 1 aromatic heterocycles. The molecule has 0 radical (unpaired) electrons. The van der Waals surface area contributed by atoms with Crippen molar-refractivity contribution in [3.8, 4) is 5.69 Å². The summed E-state index contributed by atoms with van der Waals surface area (Å²) in [4.78, 5) is 35.9. The smallest absolute Gasteiger partial charge is 0.325 e. The van der Waals surface area contributed by atoms with Gasteiger partial charge in [-0.2, -0.15) is 0 Å². The van der Waals surface area contributed by atoms with Gasteiger partial charge in [-0.05, 0) is 68.4 Å². The highest BCUT2D eigenvalue weighted by Crippen LogP contribution is 2.22. The van der Waals surface area contributed by atoms with E-state index in [2.05, 4.69) is 15.4 Å². The summed E-state index contributed by atoms with van der Waals surface area (Å²) in [5, 5.41) is 5.25. The first-order valence-electron chi connectivity index (χ1n) is 9.51. The molecule has 160 valence electrons. The standard InChI is InChI=1S/C23H22FN3O4/c1-14-12-20(15(2)27(14)19-10-6-17(24)7-11-19)23(30)26-18-8-4-16(5-9-18)22(29)25-13-21(28)31-3/h4-12H,13H2,1-3H3,(H,25,29)(H,26,30). The lowest BCUT2D eigenvalue weighted by molar-refractivity contribution is -0.139. The third-order valence-electron chi connectivity index (χ3n) is 4.79. The number of nitrogens with one attached hydrogen (secondary N) is 2. The van der Waals surface area contributed by atoms with E-state index < -0.39 is 11.9 Å². The Morgan fingerprint density at radius 1 is 0.968 bits per heavy atom. The fraction of sp³-hybridized carbons (Fsp3) is 0.174. The van der Waals surface area contributed by atoms with Crippen LogP contribution in [0.2, 0.25) is 0 Å². The third-order valence-corrected chi connectivity index (χ3v) is 4.79. The molecule has 7 nitrogen and oxygen atoms in total. The number of hydrogen-bond acceptors (Lipinski definition) is 4. The molecule has 0 aliphatic rings. The molecule has 2 N–H and O–H groups in total. The molecular weight excluding hydrogens is 401 g/mol. The van der Waals surface area contributed by atoms with Crippen molar-refractivity contribution >= 4 is 23.5 Å². The van der Waals surface area contributed by atoms with Gasteiger partial charge in [-0.25, -0.2) is 4.39 Å². The Morgan fingerprint density at radius 2 is 1.61 bits per heavy atom. The summed E-state index contributed by atoms with van der Waals surface area (Å²) in [6, 6.07) is 14.1. The van der Waals surface area contributed by atoms with Crippen LogP contribution in [0.3, 0.4) is 0 Å². The second-order valence-electron chi connectivity index (χ2n) is 6.89. The second-order valence-corrected chi connectivity index (χ2v) is 6.89. The summed E-state index contributed by atoms with van der Waals surface area (Å²) < 4.78 is 19.6. The van der Waals surface area contributed by atoms with Crippen LogP contribution in [0.5, 0.6) is 0 Å². The number of amides is 2. The van der Waals surface area contributed by atoms with Crippen LogP contribution >= 0.6 is 0 Å². The number of carbonyl (C=O) groups is 3. The highest BCUT2D eigenvalue weighted by molar-refractivity contribution is 6.05. The lowest BCUT2D eigenvalue weighted by Crippen LogP contribution is -2.30. The molecule has 2 amide bonds. The number of aryl methyl sites for hydroxylation is 1. The summed E-state index contributed by atoms with van der Waals surface area (Å²) in [5.74, 6) is -1.60. The van der Waals surface area contributed by atoms with Crippen molar-refractivity contribution in [1.82, 2.24) is 9.88 Å².